The zero-order valence-electron chi connectivity index (χ0n) is 12.1. The highest BCUT2D eigenvalue weighted by Crippen LogP contribution is 2.52. The average molecular weight is 337 g/mol. The van der Waals surface area contributed by atoms with E-state index in [9.17, 15) is 0 Å². The van der Waals surface area contributed by atoms with Crippen LogP contribution in [-0.4, -0.2) is 27.3 Å². The fourth-order valence-electron chi connectivity index (χ4n) is 2.76. The van der Waals surface area contributed by atoms with E-state index in [0.717, 1.165) is 0 Å². The summed E-state index contributed by atoms with van der Waals surface area (Å²) in [5.74, 6) is 1.45. The molecule has 1 heterocycles. The van der Waals surface area contributed by atoms with Crippen molar-refractivity contribution in [2.24, 2.45) is 0 Å². The molecular formula is C17H20OS3. The molecule has 0 saturated carbocycles. The van der Waals surface area contributed by atoms with Crippen molar-refractivity contribution >= 4 is 46.1 Å². The summed E-state index contributed by atoms with van der Waals surface area (Å²) in [6.45, 7) is 2.22. The molecule has 2 aromatic rings. The van der Waals surface area contributed by atoms with Gasteiger partial charge in [-0.05, 0) is 22.8 Å². The smallest absolute Gasteiger partial charge is 0.0888 e. The zero-order valence-corrected chi connectivity index (χ0v) is 14.5. The first-order valence-electron chi connectivity index (χ1n) is 7.25. The van der Waals surface area contributed by atoms with Crippen molar-refractivity contribution in [2.45, 2.75) is 28.4 Å². The predicted octanol–water partition coefficient (Wildman–Crippen LogP) is 5.15. The minimum Gasteiger partial charge on any atom is -0.386 e. The monoisotopic (exact) mass is 336 g/mol. The number of hydrogen-bond donors (Lipinski definition) is 1. The van der Waals surface area contributed by atoms with Crippen LogP contribution in [0.3, 0.4) is 0 Å². The minimum atomic E-state index is 0.235. The van der Waals surface area contributed by atoms with E-state index in [1.165, 1.54) is 28.5 Å². The summed E-state index contributed by atoms with van der Waals surface area (Å²) < 4.78 is 0.549. The third kappa shape index (κ3) is 3.73. The molecule has 1 fully saturated rings. The van der Waals surface area contributed by atoms with Gasteiger partial charge in [0.2, 0.25) is 0 Å². The number of aliphatic hydroxyl groups excluding tert-OH is 1. The van der Waals surface area contributed by atoms with Gasteiger partial charge in [0.15, 0.2) is 0 Å². The van der Waals surface area contributed by atoms with Crippen molar-refractivity contribution in [3.8, 4) is 0 Å². The molecule has 21 heavy (non-hydrogen) atoms. The second kappa shape index (κ2) is 7.32. The maximum atomic E-state index is 9.01. The summed E-state index contributed by atoms with van der Waals surface area (Å²) in [6.07, 6.45) is 1.18. The SMILES string of the molecule is CC(CC1CSC(c2cccc3ccccc23)S1)SCO. The van der Waals surface area contributed by atoms with E-state index < -0.39 is 0 Å². The van der Waals surface area contributed by atoms with Gasteiger partial charge >= 0.3 is 0 Å². The summed E-state index contributed by atoms with van der Waals surface area (Å²) in [5, 5.41) is 13.0. The molecule has 1 nitrogen and oxygen atoms in total. The quantitative estimate of drug-likeness (QED) is 0.762. The number of aliphatic hydroxyl groups is 1. The summed E-state index contributed by atoms with van der Waals surface area (Å²) in [5.41, 5.74) is 1.47. The maximum absolute atomic E-state index is 9.01. The minimum absolute atomic E-state index is 0.235. The Morgan fingerprint density at radius 2 is 2.05 bits per heavy atom. The van der Waals surface area contributed by atoms with Crippen LogP contribution in [-0.2, 0) is 0 Å². The molecule has 2 aromatic carbocycles. The van der Waals surface area contributed by atoms with Crippen LogP contribution >= 0.6 is 35.3 Å². The van der Waals surface area contributed by atoms with Gasteiger partial charge in [-0.2, -0.15) is 0 Å². The van der Waals surface area contributed by atoms with Gasteiger partial charge in [-0.3, -0.25) is 0 Å². The van der Waals surface area contributed by atoms with Gasteiger partial charge in [0.1, 0.15) is 0 Å². The Balaban J connectivity index is 1.73. The van der Waals surface area contributed by atoms with Crippen LogP contribution in [0.15, 0.2) is 42.5 Å². The van der Waals surface area contributed by atoms with Crippen LogP contribution in [0.1, 0.15) is 23.5 Å². The first kappa shape index (κ1) is 15.6. The Bertz CT molecular complexity index is 596. The highest BCUT2D eigenvalue weighted by atomic mass is 32.2. The highest BCUT2D eigenvalue weighted by molar-refractivity contribution is 8.19. The second-order valence-corrected chi connectivity index (χ2v) is 9.58. The van der Waals surface area contributed by atoms with Crippen LogP contribution in [0, 0.1) is 0 Å². The lowest BCUT2D eigenvalue weighted by molar-refractivity contribution is 0.374. The fourth-order valence-corrected chi connectivity index (χ4v) is 7.08. The third-order valence-corrected chi connectivity index (χ3v) is 8.04. The number of thioether (sulfide) groups is 3. The standard InChI is InChI=1S/C17H20OS3/c1-12(20-11-18)9-14-10-19-17(21-14)16-8-4-6-13-5-2-3-7-15(13)16/h2-8,12,14,17-18H,9-11H2,1H3. The van der Waals surface area contributed by atoms with Crippen LogP contribution < -0.4 is 0 Å². The van der Waals surface area contributed by atoms with Crippen molar-refractivity contribution in [1.82, 2.24) is 0 Å². The molecule has 3 atom stereocenters. The molecule has 3 unspecified atom stereocenters. The third-order valence-electron chi connectivity index (χ3n) is 3.78. The Labute approximate surface area is 139 Å². The van der Waals surface area contributed by atoms with Gasteiger partial charge in [0.25, 0.3) is 0 Å². The molecule has 1 aliphatic heterocycles. The fraction of sp³-hybridized carbons (Fsp3) is 0.412. The van der Waals surface area contributed by atoms with Crippen LogP contribution in [0.4, 0.5) is 0 Å². The Morgan fingerprint density at radius 1 is 1.24 bits per heavy atom. The predicted molar refractivity (Wildman–Crippen MR) is 99.3 cm³/mol. The number of fused-ring (bicyclic) bond motifs is 1. The molecular weight excluding hydrogens is 316 g/mol. The molecule has 3 rings (SSSR count). The number of benzene rings is 2. The zero-order chi connectivity index (χ0) is 14.7. The Hall–Kier alpha value is -0.290. The largest absolute Gasteiger partial charge is 0.386 e. The van der Waals surface area contributed by atoms with Gasteiger partial charge in [-0.1, -0.05) is 49.4 Å². The van der Waals surface area contributed by atoms with Gasteiger partial charge < -0.3 is 5.11 Å². The lowest BCUT2D eigenvalue weighted by Gasteiger charge is -2.15. The van der Waals surface area contributed by atoms with E-state index in [-0.39, 0.29) is 5.94 Å². The van der Waals surface area contributed by atoms with Crippen molar-refractivity contribution < 1.29 is 5.11 Å². The van der Waals surface area contributed by atoms with Crippen molar-refractivity contribution in [1.29, 1.82) is 0 Å². The Kier molecular flexibility index (Phi) is 5.43. The van der Waals surface area contributed by atoms with Crippen molar-refractivity contribution in [2.75, 3.05) is 11.7 Å². The molecule has 4 heteroatoms. The molecule has 0 radical (unpaired) electrons. The summed E-state index contributed by atoms with van der Waals surface area (Å²) in [6, 6.07) is 15.3. The van der Waals surface area contributed by atoms with Crippen LogP contribution in [0.2, 0.25) is 0 Å². The molecule has 112 valence electrons. The summed E-state index contributed by atoms with van der Waals surface area (Å²) >= 11 is 5.82. The maximum Gasteiger partial charge on any atom is 0.0888 e. The van der Waals surface area contributed by atoms with E-state index in [2.05, 4.69) is 72.9 Å². The summed E-state index contributed by atoms with van der Waals surface area (Å²) in [4.78, 5) is 0. The lowest BCUT2D eigenvalue weighted by Crippen LogP contribution is -2.09. The first-order chi connectivity index (χ1) is 10.3. The van der Waals surface area contributed by atoms with Crippen molar-refractivity contribution in [3.63, 3.8) is 0 Å². The topological polar surface area (TPSA) is 20.2 Å². The van der Waals surface area contributed by atoms with E-state index in [4.69, 9.17) is 5.11 Å². The highest BCUT2D eigenvalue weighted by Gasteiger charge is 2.29. The molecule has 0 amide bonds. The summed E-state index contributed by atoms with van der Waals surface area (Å²) in [7, 11) is 0. The molecule has 0 spiro atoms. The normalized spacial score (nSPS) is 23.5. The lowest BCUT2D eigenvalue weighted by atomic mass is 10.1. The number of hydrogen-bond acceptors (Lipinski definition) is 4. The van der Waals surface area contributed by atoms with E-state index >= 15 is 0 Å². The van der Waals surface area contributed by atoms with E-state index in [1.54, 1.807) is 11.8 Å². The molecule has 1 aliphatic rings. The van der Waals surface area contributed by atoms with Crippen molar-refractivity contribution in [3.05, 3.63) is 48.0 Å². The van der Waals surface area contributed by atoms with Crippen LogP contribution in [0.25, 0.3) is 10.8 Å². The average Bonchev–Trinajstić information content (AvgIpc) is 2.95. The second-order valence-electron chi connectivity index (χ2n) is 5.33. The molecule has 0 bridgehead atoms. The molecule has 1 N–H and O–H groups in total. The van der Waals surface area contributed by atoms with Gasteiger partial charge in [0, 0.05) is 16.3 Å². The van der Waals surface area contributed by atoms with E-state index in [0.29, 0.717) is 15.1 Å². The molecule has 1 saturated heterocycles. The first-order valence-corrected chi connectivity index (χ1v) is 10.3. The molecule has 0 aromatic heterocycles. The van der Waals surface area contributed by atoms with Gasteiger partial charge in [0.05, 0.1) is 10.5 Å². The van der Waals surface area contributed by atoms with Gasteiger partial charge in [-0.15, -0.1) is 35.3 Å². The van der Waals surface area contributed by atoms with E-state index in [1.807, 2.05) is 0 Å². The molecule has 0 aliphatic carbocycles. The Morgan fingerprint density at radius 3 is 2.90 bits per heavy atom. The number of rotatable bonds is 5. The van der Waals surface area contributed by atoms with Crippen LogP contribution in [0.5, 0.6) is 0 Å². The van der Waals surface area contributed by atoms with Gasteiger partial charge in [-0.25, -0.2) is 0 Å².